The van der Waals surface area contributed by atoms with Crippen molar-refractivity contribution in [3.63, 3.8) is 0 Å². The lowest BCUT2D eigenvalue weighted by Gasteiger charge is -2.22. The molecule has 3 N–H and O–H groups in total. The predicted octanol–water partition coefficient (Wildman–Crippen LogP) is 4.55. The SMILES string of the molecule is NC(=O)CSC1=NC(c2cccc([N+](=O)[O-])c2)c2sc3ccc(Cl)cc3c2N1. The largest absolute Gasteiger partial charge is 0.369 e. The zero-order chi connectivity index (χ0) is 19.8. The lowest BCUT2D eigenvalue weighted by Crippen LogP contribution is -2.21. The van der Waals surface area contributed by atoms with Crippen LogP contribution in [0, 0.1) is 10.1 Å². The number of primary amides is 1. The van der Waals surface area contributed by atoms with E-state index in [9.17, 15) is 14.9 Å². The molecule has 7 nitrogen and oxygen atoms in total. The van der Waals surface area contributed by atoms with Crippen molar-refractivity contribution in [2.75, 3.05) is 11.1 Å². The highest BCUT2D eigenvalue weighted by atomic mass is 35.5. The highest BCUT2D eigenvalue weighted by molar-refractivity contribution is 8.14. The maximum atomic E-state index is 11.2. The van der Waals surface area contributed by atoms with Gasteiger partial charge in [0, 0.05) is 27.2 Å². The number of non-ortho nitro benzene ring substituents is 1. The number of nitrogens with zero attached hydrogens (tertiary/aromatic N) is 2. The fourth-order valence-electron chi connectivity index (χ4n) is 2.97. The van der Waals surface area contributed by atoms with Gasteiger partial charge in [-0.1, -0.05) is 35.5 Å². The van der Waals surface area contributed by atoms with E-state index in [2.05, 4.69) is 5.32 Å². The molecule has 0 fully saturated rings. The molecule has 2 aromatic carbocycles. The number of halogens is 1. The van der Waals surface area contributed by atoms with Crippen LogP contribution in [0.2, 0.25) is 5.02 Å². The van der Waals surface area contributed by atoms with E-state index in [1.165, 1.54) is 23.9 Å². The smallest absolute Gasteiger partial charge is 0.269 e. The zero-order valence-corrected chi connectivity index (χ0v) is 16.6. The summed E-state index contributed by atoms with van der Waals surface area (Å²) in [5.74, 6) is -0.378. The highest BCUT2D eigenvalue weighted by Gasteiger charge is 2.28. The highest BCUT2D eigenvalue weighted by Crippen LogP contribution is 2.47. The molecule has 0 saturated carbocycles. The molecule has 0 spiro atoms. The minimum absolute atomic E-state index is 0.00303. The molecular formula is C18H13ClN4O3S2. The van der Waals surface area contributed by atoms with Crippen LogP contribution in [0.1, 0.15) is 16.5 Å². The van der Waals surface area contributed by atoms with Gasteiger partial charge < -0.3 is 11.1 Å². The Labute approximate surface area is 172 Å². The number of hydrogen-bond donors (Lipinski definition) is 2. The number of nitro benzene ring substituents is 1. The van der Waals surface area contributed by atoms with Crippen LogP contribution in [0.3, 0.4) is 0 Å². The third-order valence-corrected chi connectivity index (χ3v) is 6.52. The van der Waals surface area contributed by atoms with Gasteiger partial charge in [0.2, 0.25) is 5.91 Å². The first-order valence-electron chi connectivity index (χ1n) is 8.14. The maximum Gasteiger partial charge on any atom is 0.269 e. The van der Waals surface area contributed by atoms with Crippen LogP contribution in [-0.4, -0.2) is 21.8 Å². The molecule has 1 unspecified atom stereocenters. The molecule has 1 aliphatic heterocycles. The minimum Gasteiger partial charge on any atom is -0.369 e. The number of nitrogens with two attached hydrogens (primary N) is 1. The fraction of sp³-hybridized carbons (Fsp3) is 0.111. The lowest BCUT2D eigenvalue weighted by molar-refractivity contribution is -0.384. The second-order valence-corrected chi connectivity index (χ2v) is 8.53. The van der Waals surface area contributed by atoms with Crippen molar-refractivity contribution >= 4 is 67.2 Å². The van der Waals surface area contributed by atoms with Crippen LogP contribution < -0.4 is 11.1 Å². The number of hydrogen-bond acceptors (Lipinski definition) is 7. The first kappa shape index (κ1) is 18.7. The summed E-state index contributed by atoms with van der Waals surface area (Å²) in [5, 5.41) is 16.5. The van der Waals surface area contributed by atoms with Crippen LogP contribution >= 0.6 is 34.7 Å². The Morgan fingerprint density at radius 3 is 2.93 bits per heavy atom. The number of aliphatic imine (C=N–C) groups is 1. The second-order valence-electron chi connectivity index (χ2n) is 6.05. The standard InChI is InChI=1S/C18H13ClN4O3S2/c19-10-4-5-13-12(7-10)16-17(28-13)15(21-18(22-16)27-8-14(20)24)9-2-1-3-11(6-9)23(25)26/h1-7,15H,8H2,(H2,20,24)(H,21,22). The molecular weight excluding hydrogens is 420 g/mol. The van der Waals surface area contributed by atoms with Crippen molar-refractivity contribution in [3.05, 3.63) is 68.0 Å². The molecule has 10 heteroatoms. The van der Waals surface area contributed by atoms with Crippen molar-refractivity contribution in [2.45, 2.75) is 6.04 Å². The monoisotopic (exact) mass is 432 g/mol. The number of nitrogens with one attached hydrogen (secondary N) is 1. The third-order valence-electron chi connectivity index (χ3n) is 4.15. The number of fused-ring (bicyclic) bond motifs is 3. The average Bonchev–Trinajstić information content (AvgIpc) is 3.03. The molecule has 1 aliphatic rings. The van der Waals surface area contributed by atoms with E-state index in [4.69, 9.17) is 22.3 Å². The molecule has 4 rings (SSSR count). The molecule has 142 valence electrons. The van der Waals surface area contributed by atoms with Crippen LogP contribution in [-0.2, 0) is 4.79 Å². The van der Waals surface area contributed by atoms with E-state index in [-0.39, 0.29) is 11.4 Å². The first-order chi connectivity index (χ1) is 13.4. The molecule has 1 amide bonds. The summed E-state index contributed by atoms with van der Waals surface area (Å²) in [6, 6.07) is 11.6. The van der Waals surface area contributed by atoms with E-state index in [0.717, 1.165) is 20.7 Å². The van der Waals surface area contributed by atoms with E-state index < -0.39 is 16.9 Å². The number of benzene rings is 2. The first-order valence-corrected chi connectivity index (χ1v) is 10.3. The predicted molar refractivity (Wildman–Crippen MR) is 114 cm³/mol. The fourth-order valence-corrected chi connectivity index (χ4v) is 4.99. The van der Waals surface area contributed by atoms with Gasteiger partial charge in [-0.15, -0.1) is 11.3 Å². The molecule has 1 atom stereocenters. The molecule has 0 aliphatic carbocycles. The summed E-state index contributed by atoms with van der Waals surface area (Å²) in [6.45, 7) is 0. The van der Waals surface area contributed by atoms with E-state index >= 15 is 0 Å². The number of carbonyl (C=O) groups is 1. The number of amides is 1. The van der Waals surface area contributed by atoms with Gasteiger partial charge in [0.05, 0.1) is 21.2 Å². The van der Waals surface area contributed by atoms with Crippen LogP contribution in [0.25, 0.3) is 10.1 Å². The Balaban J connectivity index is 1.85. The topological polar surface area (TPSA) is 111 Å². The van der Waals surface area contributed by atoms with Crippen molar-refractivity contribution < 1.29 is 9.72 Å². The maximum absolute atomic E-state index is 11.2. The minimum atomic E-state index is -0.453. The molecule has 28 heavy (non-hydrogen) atoms. The molecule has 3 aromatic rings. The number of nitro groups is 1. The summed E-state index contributed by atoms with van der Waals surface area (Å²) >= 11 is 8.92. The third kappa shape index (κ3) is 3.56. The van der Waals surface area contributed by atoms with Gasteiger partial charge in [0.1, 0.15) is 6.04 Å². The van der Waals surface area contributed by atoms with E-state index in [1.54, 1.807) is 17.4 Å². The molecule has 2 heterocycles. The van der Waals surface area contributed by atoms with Crippen LogP contribution in [0.4, 0.5) is 11.4 Å². The number of amidine groups is 1. The normalized spacial score (nSPS) is 15.6. The van der Waals surface area contributed by atoms with Crippen LogP contribution in [0.15, 0.2) is 47.5 Å². The summed E-state index contributed by atoms with van der Waals surface area (Å²) in [5.41, 5.74) is 6.81. The van der Waals surface area contributed by atoms with Gasteiger partial charge in [-0.2, -0.15) is 0 Å². The van der Waals surface area contributed by atoms with Crippen LogP contribution in [0.5, 0.6) is 0 Å². The van der Waals surface area contributed by atoms with E-state index in [1.807, 2.05) is 24.3 Å². The Hall–Kier alpha value is -2.62. The van der Waals surface area contributed by atoms with Crippen molar-refractivity contribution in [1.29, 1.82) is 0 Å². The Kier molecular flexibility index (Phi) is 4.96. The van der Waals surface area contributed by atoms with Gasteiger partial charge in [-0.05, 0) is 23.8 Å². The van der Waals surface area contributed by atoms with Gasteiger partial charge in [0.25, 0.3) is 5.69 Å². The molecule has 0 radical (unpaired) electrons. The summed E-state index contributed by atoms with van der Waals surface area (Å²) in [4.78, 5) is 27.6. The number of thioether (sulfide) groups is 1. The van der Waals surface area contributed by atoms with Gasteiger partial charge >= 0.3 is 0 Å². The summed E-state index contributed by atoms with van der Waals surface area (Å²) < 4.78 is 1.02. The number of anilines is 1. The second kappa shape index (κ2) is 7.42. The summed E-state index contributed by atoms with van der Waals surface area (Å²) in [7, 11) is 0. The van der Waals surface area contributed by atoms with E-state index in [0.29, 0.717) is 15.8 Å². The van der Waals surface area contributed by atoms with Crippen molar-refractivity contribution in [3.8, 4) is 0 Å². The lowest BCUT2D eigenvalue weighted by atomic mass is 10.0. The summed E-state index contributed by atoms with van der Waals surface area (Å²) in [6.07, 6.45) is 0. The van der Waals surface area contributed by atoms with Gasteiger partial charge in [-0.3, -0.25) is 14.9 Å². The van der Waals surface area contributed by atoms with Crippen molar-refractivity contribution in [1.82, 2.24) is 0 Å². The average molecular weight is 433 g/mol. The molecule has 0 bridgehead atoms. The molecule has 1 aromatic heterocycles. The van der Waals surface area contributed by atoms with Gasteiger partial charge in [-0.25, -0.2) is 4.99 Å². The Bertz CT molecular complexity index is 1150. The molecule has 0 saturated heterocycles. The quantitative estimate of drug-likeness (QED) is 0.464. The number of thiophene rings is 1. The van der Waals surface area contributed by atoms with Crippen molar-refractivity contribution in [2.24, 2.45) is 10.7 Å². The Morgan fingerprint density at radius 2 is 2.18 bits per heavy atom. The number of rotatable bonds is 4. The van der Waals surface area contributed by atoms with Gasteiger partial charge in [0.15, 0.2) is 5.17 Å². The zero-order valence-electron chi connectivity index (χ0n) is 14.2. The Morgan fingerprint density at radius 1 is 1.36 bits per heavy atom. The number of carbonyl (C=O) groups excluding carboxylic acids is 1.